The highest BCUT2D eigenvalue weighted by atomic mass is 16.7. The van der Waals surface area contributed by atoms with Crippen LogP contribution in [0.5, 0.6) is 0 Å². The Bertz CT molecular complexity index is 1150. The lowest BCUT2D eigenvalue weighted by Gasteiger charge is -2.32. The van der Waals surface area contributed by atoms with Crippen molar-refractivity contribution < 1.29 is 18.8 Å². The van der Waals surface area contributed by atoms with Crippen molar-refractivity contribution in [2.45, 2.75) is 78.2 Å². The minimum Gasteiger partial charge on any atom is -0.444 e. The number of carbonyl (C=O) groups is 1. The lowest BCUT2D eigenvalue weighted by Crippen LogP contribution is -2.41. The van der Waals surface area contributed by atoms with Gasteiger partial charge >= 0.3 is 13.2 Å². The summed E-state index contributed by atoms with van der Waals surface area (Å²) < 4.78 is 20.3. The molecule has 1 aromatic carbocycles. The second-order valence-electron chi connectivity index (χ2n) is 12.1. The van der Waals surface area contributed by atoms with Crippen LogP contribution in [-0.4, -0.2) is 83.3 Å². The third-order valence-corrected chi connectivity index (χ3v) is 7.21. The first-order valence-corrected chi connectivity index (χ1v) is 12.8. The SMILES string of the molecule is CN(C)CCn1nc2ccc(B3OC(C)(C)C(C)(C)O3)cc2c1C1=CCN(C(=O)OC(C)(C)C)CC1. The quantitative estimate of drug-likeness (QED) is 0.585. The van der Waals surface area contributed by atoms with Gasteiger partial charge in [-0.05, 0) is 86.1 Å². The molecule has 2 aliphatic rings. The van der Waals surface area contributed by atoms with Crippen molar-refractivity contribution in [2.75, 3.05) is 33.7 Å². The molecule has 4 rings (SSSR count). The van der Waals surface area contributed by atoms with Crippen LogP contribution < -0.4 is 5.46 Å². The number of nitrogens with zero attached hydrogens (tertiary/aromatic N) is 4. The van der Waals surface area contributed by atoms with Crippen LogP contribution in [0.4, 0.5) is 4.79 Å². The van der Waals surface area contributed by atoms with Crippen LogP contribution in [0, 0.1) is 0 Å². The van der Waals surface area contributed by atoms with E-state index < -0.39 is 23.9 Å². The first-order valence-electron chi connectivity index (χ1n) is 12.8. The Kier molecular flexibility index (Phi) is 7.05. The monoisotopic (exact) mass is 496 g/mol. The maximum Gasteiger partial charge on any atom is 0.494 e. The van der Waals surface area contributed by atoms with Crippen molar-refractivity contribution in [1.29, 1.82) is 0 Å². The number of carbonyl (C=O) groups excluding carboxylic acids is 1. The van der Waals surface area contributed by atoms with Gasteiger partial charge in [-0.1, -0.05) is 18.2 Å². The molecule has 1 saturated heterocycles. The molecule has 36 heavy (non-hydrogen) atoms. The molecule has 0 aliphatic carbocycles. The van der Waals surface area contributed by atoms with Gasteiger partial charge in [0, 0.05) is 25.0 Å². The summed E-state index contributed by atoms with van der Waals surface area (Å²) in [5.74, 6) is 0. The zero-order valence-electron chi connectivity index (χ0n) is 23.3. The summed E-state index contributed by atoms with van der Waals surface area (Å²) in [6.45, 7) is 16.7. The maximum absolute atomic E-state index is 12.6. The van der Waals surface area contributed by atoms with Crippen LogP contribution in [0.15, 0.2) is 24.3 Å². The predicted octanol–water partition coefficient (Wildman–Crippen LogP) is 3.92. The molecule has 0 N–H and O–H groups in total. The standard InChI is InChI=1S/C27H41BN4O4/c1-25(2,3)34-24(33)31-14-12-19(13-15-31)23-21-18-20(28-35-26(4,5)27(6,7)36-28)10-11-22(21)29-32(23)17-16-30(8)9/h10-12,18H,13-17H2,1-9H3. The number of amides is 1. The Morgan fingerprint density at radius 3 is 2.39 bits per heavy atom. The first-order chi connectivity index (χ1) is 16.7. The number of hydrogen-bond acceptors (Lipinski definition) is 6. The fourth-order valence-corrected chi connectivity index (χ4v) is 4.45. The van der Waals surface area contributed by atoms with E-state index in [0.29, 0.717) is 13.1 Å². The molecule has 1 fully saturated rings. The summed E-state index contributed by atoms with van der Waals surface area (Å²) in [5, 5.41) is 6.03. The van der Waals surface area contributed by atoms with E-state index >= 15 is 0 Å². The minimum absolute atomic E-state index is 0.271. The largest absolute Gasteiger partial charge is 0.494 e. The summed E-state index contributed by atoms with van der Waals surface area (Å²) in [6.07, 6.45) is 2.60. The molecule has 0 atom stereocenters. The Morgan fingerprint density at radius 2 is 1.83 bits per heavy atom. The Morgan fingerprint density at radius 1 is 1.17 bits per heavy atom. The topological polar surface area (TPSA) is 69.1 Å². The molecule has 8 nitrogen and oxygen atoms in total. The van der Waals surface area contributed by atoms with Gasteiger partial charge in [-0.15, -0.1) is 0 Å². The summed E-state index contributed by atoms with van der Waals surface area (Å²) in [7, 11) is 3.70. The number of likely N-dealkylation sites (N-methyl/N-ethyl adjacent to an activating group) is 1. The van der Waals surface area contributed by atoms with Crippen molar-refractivity contribution >= 4 is 35.2 Å². The molecule has 2 aliphatic heterocycles. The fraction of sp³-hybridized carbons (Fsp3) is 0.630. The zero-order chi connectivity index (χ0) is 26.5. The van der Waals surface area contributed by atoms with E-state index in [2.05, 4.69) is 75.6 Å². The van der Waals surface area contributed by atoms with Crippen LogP contribution in [0.1, 0.15) is 60.6 Å². The van der Waals surface area contributed by atoms with Crippen molar-refractivity contribution in [3.05, 3.63) is 30.0 Å². The van der Waals surface area contributed by atoms with Gasteiger partial charge < -0.3 is 23.8 Å². The number of rotatable bonds is 5. The predicted molar refractivity (Wildman–Crippen MR) is 144 cm³/mol. The van der Waals surface area contributed by atoms with Crippen molar-refractivity contribution in [1.82, 2.24) is 19.6 Å². The van der Waals surface area contributed by atoms with Gasteiger partial charge in [0.25, 0.3) is 0 Å². The van der Waals surface area contributed by atoms with E-state index in [9.17, 15) is 4.79 Å². The third-order valence-electron chi connectivity index (χ3n) is 7.21. The second kappa shape index (κ2) is 9.51. The normalized spacial score (nSPS) is 19.8. The molecule has 0 unspecified atom stereocenters. The van der Waals surface area contributed by atoms with Gasteiger partial charge in [-0.25, -0.2) is 4.79 Å². The summed E-state index contributed by atoms with van der Waals surface area (Å²) in [6, 6.07) is 6.27. The molecule has 2 aromatic rings. The lowest BCUT2D eigenvalue weighted by molar-refractivity contribution is 0.00578. The van der Waals surface area contributed by atoms with Gasteiger partial charge in [-0.3, -0.25) is 4.68 Å². The second-order valence-corrected chi connectivity index (χ2v) is 12.1. The van der Waals surface area contributed by atoms with Crippen molar-refractivity contribution in [2.24, 2.45) is 0 Å². The number of benzene rings is 1. The highest BCUT2D eigenvalue weighted by molar-refractivity contribution is 6.62. The molecule has 9 heteroatoms. The average Bonchev–Trinajstić information content (AvgIpc) is 3.23. The van der Waals surface area contributed by atoms with Gasteiger partial charge in [0.2, 0.25) is 0 Å². The summed E-state index contributed by atoms with van der Waals surface area (Å²) >= 11 is 0. The molecular weight excluding hydrogens is 455 g/mol. The molecule has 3 heterocycles. The van der Waals surface area contributed by atoms with E-state index in [4.69, 9.17) is 19.1 Å². The lowest BCUT2D eigenvalue weighted by atomic mass is 9.78. The minimum atomic E-state index is -0.508. The maximum atomic E-state index is 12.6. The third kappa shape index (κ3) is 5.48. The highest BCUT2D eigenvalue weighted by Crippen LogP contribution is 2.37. The summed E-state index contributed by atoms with van der Waals surface area (Å²) in [4.78, 5) is 16.5. The Labute approximate surface area is 215 Å². The van der Waals surface area contributed by atoms with Crippen LogP contribution in [0.3, 0.4) is 0 Å². The van der Waals surface area contributed by atoms with Crippen LogP contribution >= 0.6 is 0 Å². The highest BCUT2D eigenvalue weighted by Gasteiger charge is 2.51. The summed E-state index contributed by atoms with van der Waals surface area (Å²) in [5.41, 5.74) is 2.92. The Balaban J connectivity index is 1.68. The van der Waals surface area contributed by atoms with Crippen LogP contribution in [0.25, 0.3) is 16.5 Å². The molecular formula is C27H41BN4O4. The van der Waals surface area contributed by atoms with E-state index in [-0.39, 0.29) is 6.09 Å². The molecule has 0 bridgehead atoms. The molecule has 196 valence electrons. The van der Waals surface area contributed by atoms with Crippen LogP contribution in [-0.2, 0) is 20.6 Å². The van der Waals surface area contributed by atoms with Crippen LogP contribution in [0.2, 0.25) is 0 Å². The van der Waals surface area contributed by atoms with Gasteiger partial charge in [0.05, 0.1) is 29.0 Å². The molecule has 0 radical (unpaired) electrons. The zero-order valence-corrected chi connectivity index (χ0v) is 23.3. The number of aromatic nitrogens is 2. The smallest absolute Gasteiger partial charge is 0.444 e. The van der Waals surface area contributed by atoms with Gasteiger partial charge in [0.1, 0.15) is 5.60 Å². The average molecular weight is 496 g/mol. The first kappa shape index (κ1) is 26.7. The van der Waals surface area contributed by atoms with E-state index in [1.165, 1.54) is 5.57 Å². The van der Waals surface area contributed by atoms with E-state index in [1.807, 2.05) is 20.8 Å². The van der Waals surface area contributed by atoms with Gasteiger partial charge in [-0.2, -0.15) is 5.10 Å². The molecule has 1 amide bonds. The molecule has 0 saturated carbocycles. The van der Waals surface area contributed by atoms with Crippen molar-refractivity contribution in [3.8, 4) is 0 Å². The van der Waals surface area contributed by atoms with E-state index in [0.717, 1.165) is 41.6 Å². The number of hydrogen-bond donors (Lipinski definition) is 0. The molecule has 0 spiro atoms. The van der Waals surface area contributed by atoms with Gasteiger partial charge in [0.15, 0.2) is 0 Å². The Hall–Kier alpha value is -2.36. The number of ether oxygens (including phenoxy) is 1. The van der Waals surface area contributed by atoms with E-state index in [1.54, 1.807) is 4.90 Å². The van der Waals surface area contributed by atoms with Crippen molar-refractivity contribution in [3.63, 3.8) is 0 Å². The molecule has 1 aromatic heterocycles. The number of fused-ring (bicyclic) bond motifs is 1. The fourth-order valence-electron chi connectivity index (χ4n) is 4.45.